The van der Waals surface area contributed by atoms with Gasteiger partial charge in [0.1, 0.15) is 0 Å². The number of aromatic nitrogens is 2. The topological polar surface area (TPSA) is 61.0 Å². The van der Waals surface area contributed by atoms with Crippen molar-refractivity contribution in [2.75, 3.05) is 5.73 Å². The number of para-hydroxylation sites is 2. The Hall–Kier alpha value is -1.62. The van der Waals surface area contributed by atoms with Crippen molar-refractivity contribution in [1.82, 2.24) is 9.97 Å². The third-order valence-corrected chi connectivity index (χ3v) is 2.13. The molecule has 0 fully saturated rings. The van der Waals surface area contributed by atoms with Gasteiger partial charge in [-0.05, 0) is 28.1 Å². The molecule has 1 aromatic heterocycles. The van der Waals surface area contributed by atoms with Crippen molar-refractivity contribution in [2.24, 2.45) is 0 Å². The summed E-state index contributed by atoms with van der Waals surface area (Å²) in [6, 6.07) is 7.47. The molecule has 0 bridgehead atoms. The first-order valence-corrected chi connectivity index (χ1v) is 5.05. The number of hydrogen-bond acceptors (Lipinski definition) is 4. The Morgan fingerprint density at radius 1 is 1.13 bits per heavy atom. The second-order valence-electron chi connectivity index (χ2n) is 2.82. The van der Waals surface area contributed by atoms with Gasteiger partial charge in [0.15, 0.2) is 5.75 Å². The van der Waals surface area contributed by atoms with Gasteiger partial charge in [0.25, 0.3) is 0 Å². The molecule has 4 nitrogen and oxygen atoms in total. The Balaban J connectivity index is 2.22. The lowest BCUT2D eigenvalue weighted by molar-refractivity contribution is 0.443. The molecule has 15 heavy (non-hydrogen) atoms. The van der Waals surface area contributed by atoms with Crippen LogP contribution in [0.25, 0.3) is 0 Å². The predicted molar refractivity (Wildman–Crippen MR) is 60.7 cm³/mol. The van der Waals surface area contributed by atoms with Crippen LogP contribution >= 0.6 is 15.9 Å². The van der Waals surface area contributed by atoms with Crippen molar-refractivity contribution >= 4 is 21.6 Å². The molecule has 0 saturated carbocycles. The maximum Gasteiger partial charge on any atom is 0.322 e. The van der Waals surface area contributed by atoms with E-state index in [2.05, 4.69) is 25.9 Å². The molecule has 0 radical (unpaired) electrons. The Labute approximate surface area is 95.2 Å². The molecule has 1 heterocycles. The van der Waals surface area contributed by atoms with E-state index < -0.39 is 0 Å². The second kappa shape index (κ2) is 4.27. The molecular formula is C10H8BrN3O. The van der Waals surface area contributed by atoms with Crippen LogP contribution in [0.1, 0.15) is 0 Å². The summed E-state index contributed by atoms with van der Waals surface area (Å²) in [7, 11) is 0. The minimum Gasteiger partial charge on any atom is -0.422 e. The number of benzene rings is 1. The molecule has 0 unspecified atom stereocenters. The van der Waals surface area contributed by atoms with E-state index in [-0.39, 0.29) is 6.01 Å². The summed E-state index contributed by atoms with van der Waals surface area (Å²) in [6.07, 6.45) is 3.23. The van der Waals surface area contributed by atoms with Gasteiger partial charge < -0.3 is 10.5 Å². The number of halogens is 1. The van der Waals surface area contributed by atoms with Crippen molar-refractivity contribution in [3.8, 4) is 11.8 Å². The molecular weight excluding hydrogens is 258 g/mol. The van der Waals surface area contributed by atoms with Crippen LogP contribution in [0, 0.1) is 0 Å². The zero-order valence-electron chi connectivity index (χ0n) is 7.72. The van der Waals surface area contributed by atoms with Crippen LogP contribution in [0.5, 0.6) is 11.8 Å². The van der Waals surface area contributed by atoms with Gasteiger partial charge in [-0.1, -0.05) is 12.1 Å². The zero-order chi connectivity index (χ0) is 10.7. The van der Waals surface area contributed by atoms with E-state index in [0.717, 1.165) is 4.47 Å². The van der Waals surface area contributed by atoms with Crippen LogP contribution in [0.15, 0.2) is 41.1 Å². The lowest BCUT2D eigenvalue weighted by atomic mass is 10.3. The minimum absolute atomic E-state index is 0.274. The van der Waals surface area contributed by atoms with E-state index >= 15 is 0 Å². The Morgan fingerprint density at radius 2 is 1.80 bits per heavy atom. The summed E-state index contributed by atoms with van der Waals surface area (Å²) in [6.45, 7) is 0. The monoisotopic (exact) mass is 265 g/mol. The quantitative estimate of drug-likeness (QED) is 0.849. The molecule has 2 aromatic rings. The third-order valence-electron chi connectivity index (χ3n) is 1.72. The third kappa shape index (κ3) is 2.44. The molecule has 0 atom stereocenters. The van der Waals surface area contributed by atoms with Crippen LogP contribution in [0.2, 0.25) is 0 Å². The normalized spacial score (nSPS) is 9.93. The molecule has 0 amide bonds. The van der Waals surface area contributed by atoms with Gasteiger partial charge in [-0.15, -0.1) is 0 Å². The van der Waals surface area contributed by atoms with E-state index in [0.29, 0.717) is 11.4 Å². The SMILES string of the molecule is Nc1ccccc1Oc1ncc(Br)cn1. The first-order chi connectivity index (χ1) is 7.25. The Kier molecular flexibility index (Phi) is 2.82. The Bertz CT molecular complexity index is 458. The van der Waals surface area contributed by atoms with Gasteiger partial charge in [0, 0.05) is 12.4 Å². The smallest absolute Gasteiger partial charge is 0.322 e. The van der Waals surface area contributed by atoms with Crippen molar-refractivity contribution in [1.29, 1.82) is 0 Å². The number of nitrogens with two attached hydrogens (primary N) is 1. The highest BCUT2D eigenvalue weighted by atomic mass is 79.9. The van der Waals surface area contributed by atoms with E-state index in [9.17, 15) is 0 Å². The van der Waals surface area contributed by atoms with Crippen molar-refractivity contribution in [2.45, 2.75) is 0 Å². The second-order valence-corrected chi connectivity index (χ2v) is 3.74. The molecule has 0 aliphatic heterocycles. The minimum atomic E-state index is 0.274. The van der Waals surface area contributed by atoms with E-state index in [1.54, 1.807) is 24.5 Å². The highest BCUT2D eigenvalue weighted by Crippen LogP contribution is 2.24. The van der Waals surface area contributed by atoms with Crippen molar-refractivity contribution in [3.63, 3.8) is 0 Å². The lowest BCUT2D eigenvalue weighted by Gasteiger charge is -2.05. The molecule has 76 valence electrons. The number of anilines is 1. The molecule has 0 aliphatic carbocycles. The fourth-order valence-corrected chi connectivity index (χ4v) is 1.23. The van der Waals surface area contributed by atoms with Crippen molar-refractivity contribution < 1.29 is 4.74 Å². The van der Waals surface area contributed by atoms with Gasteiger partial charge in [-0.25, -0.2) is 9.97 Å². The van der Waals surface area contributed by atoms with E-state index in [1.807, 2.05) is 12.1 Å². The van der Waals surface area contributed by atoms with Crippen LogP contribution in [-0.4, -0.2) is 9.97 Å². The largest absolute Gasteiger partial charge is 0.422 e. The number of ether oxygens (including phenoxy) is 1. The van der Waals surface area contributed by atoms with Crippen LogP contribution < -0.4 is 10.5 Å². The average Bonchev–Trinajstić information content (AvgIpc) is 2.25. The number of rotatable bonds is 2. The summed E-state index contributed by atoms with van der Waals surface area (Å²) < 4.78 is 6.20. The first-order valence-electron chi connectivity index (χ1n) is 4.25. The van der Waals surface area contributed by atoms with Crippen LogP contribution in [0.4, 0.5) is 5.69 Å². The summed E-state index contributed by atoms with van der Waals surface area (Å²) in [5.41, 5.74) is 6.27. The van der Waals surface area contributed by atoms with Crippen LogP contribution in [0.3, 0.4) is 0 Å². The number of nitrogens with zero attached hydrogens (tertiary/aromatic N) is 2. The highest BCUT2D eigenvalue weighted by molar-refractivity contribution is 9.10. The zero-order valence-corrected chi connectivity index (χ0v) is 9.31. The molecule has 1 aromatic carbocycles. The molecule has 0 saturated heterocycles. The standard InChI is InChI=1S/C10H8BrN3O/c11-7-5-13-10(14-6-7)15-9-4-2-1-3-8(9)12/h1-6H,12H2. The van der Waals surface area contributed by atoms with Gasteiger partial charge in [0.05, 0.1) is 10.2 Å². The van der Waals surface area contributed by atoms with Gasteiger partial charge in [-0.2, -0.15) is 0 Å². The van der Waals surface area contributed by atoms with E-state index in [1.165, 1.54) is 0 Å². The van der Waals surface area contributed by atoms with Gasteiger partial charge >= 0.3 is 6.01 Å². The fraction of sp³-hybridized carbons (Fsp3) is 0. The molecule has 5 heteroatoms. The average molecular weight is 266 g/mol. The van der Waals surface area contributed by atoms with Crippen molar-refractivity contribution in [3.05, 3.63) is 41.1 Å². The summed E-state index contributed by atoms with van der Waals surface area (Å²) in [5.74, 6) is 0.555. The predicted octanol–water partition coefficient (Wildman–Crippen LogP) is 2.61. The number of nitrogen functional groups attached to an aromatic ring is 1. The maximum atomic E-state index is 5.71. The number of hydrogen-bond donors (Lipinski definition) is 1. The van der Waals surface area contributed by atoms with Crippen LogP contribution in [-0.2, 0) is 0 Å². The van der Waals surface area contributed by atoms with Gasteiger partial charge in [0.2, 0.25) is 0 Å². The molecule has 0 spiro atoms. The van der Waals surface area contributed by atoms with Gasteiger partial charge in [-0.3, -0.25) is 0 Å². The summed E-state index contributed by atoms with van der Waals surface area (Å²) in [4.78, 5) is 7.96. The molecule has 0 aliphatic rings. The maximum absolute atomic E-state index is 5.71. The fourth-order valence-electron chi connectivity index (χ4n) is 1.02. The Morgan fingerprint density at radius 3 is 2.47 bits per heavy atom. The lowest BCUT2D eigenvalue weighted by Crippen LogP contribution is -1.94. The summed E-state index contributed by atoms with van der Waals surface area (Å²) in [5, 5.41) is 0. The summed E-state index contributed by atoms with van der Waals surface area (Å²) >= 11 is 3.24. The highest BCUT2D eigenvalue weighted by Gasteiger charge is 2.02. The first kappa shape index (κ1) is 9.92. The molecule has 2 N–H and O–H groups in total. The molecule has 2 rings (SSSR count). The van der Waals surface area contributed by atoms with E-state index in [4.69, 9.17) is 10.5 Å².